The van der Waals surface area contributed by atoms with Gasteiger partial charge in [-0.2, -0.15) is 0 Å². The summed E-state index contributed by atoms with van der Waals surface area (Å²) in [7, 11) is 0. The van der Waals surface area contributed by atoms with Gasteiger partial charge in [-0.05, 0) is 42.8 Å². The van der Waals surface area contributed by atoms with E-state index >= 15 is 0 Å². The summed E-state index contributed by atoms with van der Waals surface area (Å²) in [6, 6.07) is 12.0. The molecular formula is C15H12BrClN2. The molecule has 0 aromatic heterocycles. The summed E-state index contributed by atoms with van der Waals surface area (Å²) in [5.41, 5.74) is 2.36. The van der Waals surface area contributed by atoms with Crippen molar-refractivity contribution >= 4 is 39.4 Å². The second-order valence-electron chi connectivity index (χ2n) is 4.49. The van der Waals surface area contributed by atoms with E-state index in [2.05, 4.69) is 45.0 Å². The lowest BCUT2D eigenvalue weighted by molar-refractivity contribution is 0.934. The van der Waals surface area contributed by atoms with E-state index in [-0.39, 0.29) is 0 Å². The molecule has 0 saturated carbocycles. The Morgan fingerprint density at radius 2 is 2.11 bits per heavy atom. The van der Waals surface area contributed by atoms with E-state index in [1.807, 2.05) is 30.3 Å². The monoisotopic (exact) mass is 334 g/mol. The first-order valence-electron chi connectivity index (χ1n) is 5.99. The van der Waals surface area contributed by atoms with Crippen LogP contribution in [0.4, 0.5) is 5.69 Å². The van der Waals surface area contributed by atoms with E-state index in [4.69, 9.17) is 11.6 Å². The quantitative estimate of drug-likeness (QED) is 0.781. The van der Waals surface area contributed by atoms with Gasteiger partial charge in [0.25, 0.3) is 0 Å². The fourth-order valence-corrected chi connectivity index (χ4v) is 2.72. The Morgan fingerprint density at radius 1 is 1.26 bits per heavy atom. The average Bonchev–Trinajstić information content (AvgIpc) is 2.41. The predicted octanol–water partition coefficient (Wildman–Crippen LogP) is 3.25. The van der Waals surface area contributed by atoms with Crippen molar-refractivity contribution in [2.24, 2.45) is 4.99 Å². The second-order valence-corrected chi connectivity index (χ2v) is 5.78. The Balaban J connectivity index is 2.12. The fraction of sp³-hybridized carbons (Fsp3) is 0.133. The molecule has 1 aliphatic heterocycles. The lowest BCUT2D eigenvalue weighted by atomic mass is 10.2. The predicted molar refractivity (Wildman–Crippen MR) is 82.9 cm³/mol. The van der Waals surface area contributed by atoms with Crippen LogP contribution in [0.5, 0.6) is 0 Å². The Hall–Kier alpha value is -1.32. The zero-order chi connectivity index (χ0) is 13.4. The Bertz CT molecular complexity index is 755. The van der Waals surface area contributed by atoms with Crippen LogP contribution < -0.4 is 15.5 Å². The minimum Gasteiger partial charge on any atom is -0.327 e. The first-order chi connectivity index (χ1) is 9.15. The van der Waals surface area contributed by atoms with Gasteiger partial charge in [-0.3, -0.25) is 4.99 Å². The maximum absolute atomic E-state index is 6.04. The van der Waals surface area contributed by atoms with Crippen LogP contribution in [0.15, 0.2) is 45.9 Å². The van der Waals surface area contributed by atoms with Crippen molar-refractivity contribution in [3.8, 4) is 0 Å². The van der Waals surface area contributed by atoms with Crippen LogP contribution in [0.1, 0.15) is 5.56 Å². The van der Waals surface area contributed by atoms with Crippen molar-refractivity contribution in [3.05, 3.63) is 62.0 Å². The number of rotatable bonds is 1. The molecule has 2 aromatic rings. The lowest BCUT2D eigenvalue weighted by Crippen LogP contribution is -2.36. The molecule has 4 heteroatoms. The molecule has 0 radical (unpaired) electrons. The SMILES string of the molecule is Cc1c(Br)cccc1N1C=c2cc(Cl)ccc2=NC1. The summed E-state index contributed by atoms with van der Waals surface area (Å²) in [5, 5.41) is 2.78. The normalized spacial score (nSPS) is 13.5. The molecule has 0 unspecified atom stereocenters. The summed E-state index contributed by atoms with van der Waals surface area (Å²) in [5.74, 6) is 0. The molecule has 0 atom stereocenters. The van der Waals surface area contributed by atoms with Gasteiger partial charge in [0.15, 0.2) is 0 Å². The van der Waals surface area contributed by atoms with Gasteiger partial charge in [-0.15, -0.1) is 0 Å². The summed E-state index contributed by atoms with van der Waals surface area (Å²) in [6.45, 7) is 2.73. The molecule has 2 aromatic carbocycles. The number of anilines is 1. The van der Waals surface area contributed by atoms with Crippen LogP contribution in [0.2, 0.25) is 5.02 Å². The van der Waals surface area contributed by atoms with Crippen molar-refractivity contribution in [2.45, 2.75) is 6.92 Å². The van der Waals surface area contributed by atoms with Gasteiger partial charge in [-0.25, -0.2) is 0 Å². The van der Waals surface area contributed by atoms with E-state index in [1.165, 1.54) is 5.56 Å². The zero-order valence-electron chi connectivity index (χ0n) is 10.4. The van der Waals surface area contributed by atoms with Crippen LogP contribution in [0.25, 0.3) is 6.20 Å². The summed E-state index contributed by atoms with van der Waals surface area (Å²) in [6.07, 6.45) is 2.10. The maximum Gasteiger partial charge on any atom is 0.115 e. The van der Waals surface area contributed by atoms with Gasteiger partial charge in [0, 0.05) is 26.6 Å². The third-order valence-electron chi connectivity index (χ3n) is 3.23. The van der Waals surface area contributed by atoms with Crippen molar-refractivity contribution < 1.29 is 0 Å². The molecule has 0 spiro atoms. The number of fused-ring (bicyclic) bond motifs is 1. The second kappa shape index (κ2) is 4.99. The third-order valence-corrected chi connectivity index (χ3v) is 4.32. The van der Waals surface area contributed by atoms with Crippen molar-refractivity contribution in [1.29, 1.82) is 0 Å². The molecule has 0 bridgehead atoms. The van der Waals surface area contributed by atoms with E-state index < -0.39 is 0 Å². The zero-order valence-corrected chi connectivity index (χ0v) is 12.7. The Morgan fingerprint density at radius 3 is 2.95 bits per heavy atom. The van der Waals surface area contributed by atoms with Gasteiger partial charge in [0.2, 0.25) is 0 Å². The third kappa shape index (κ3) is 2.40. The Kier molecular flexibility index (Phi) is 3.33. The van der Waals surface area contributed by atoms with Crippen LogP contribution >= 0.6 is 27.5 Å². The van der Waals surface area contributed by atoms with E-state index in [9.17, 15) is 0 Å². The van der Waals surface area contributed by atoms with Gasteiger partial charge in [0.05, 0.1) is 5.36 Å². The minimum atomic E-state index is 0.631. The molecule has 2 nitrogen and oxygen atoms in total. The molecule has 0 saturated heterocycles. The first kappa shape index (κ1) is 12.7. The standard InChI is InChI=1S/C15H12BrClN2/c1-10-13(16)3-2-4-15(10)19-8-11-7-12(17)5-6-14(11)18-9-19/h2-8H,9H2,1H3. The topological polar surface area (TPSA) is 15.6 Å². The molecule has 0 fully saturated rings. The number of nitrogens with zero attached hydrogens (tertiary/aromatic N) is 2. The largest absolute Gasteiger partial charge is 0.327 e. The molecule has 0 aliphatic carbocycles. The molecule has 19 heavy (non-hydrogen) atoms. The lowest BCUT2D eigenvalue weighted by Gasteiger charge is -2.23. The van der Waals surface area contributed by atoms with E-state index in [1.54, 1.807) is 0 Å². The molecule has 0 amide bonds. The molecule has 0 N–H and O–H groups in total. The number of hydrogen-bond donors (Lipinski definition) is 0. The molecular weight excluding hydrogens is 324 g/mol. The first-order valence-corrected chi connectivity index (χ1v) is 7.16. The molecule has 1 heterocycles. The average molecular weight is 336 g/mol. The smallest absolute Gasteiger partial charge is 0.115 e. The van der Waals surface area contributed by atoms with Crippen LogP contribution in [-0.4, -0.2) is 6.67 Å². The molecule has 3 rings (SSSR count). The van der Waals surface area contributed by atoms with Gasteiger partial charge >= 0.3 is 0 Å². The number of halogens is 2. The van der Waals surface area contributed by atoms with Gasteiger partial charge in [-0.1, -0.05) is 33.6 Å². The fourth-order valence-electron chi connectivity index (χ4n) is 2.19. The van der Waals surface area contributed by atoms with Crippen LogP contribution in [-0.2, 0) is 0 Å². The number of benzene rings is 2. The number of hydrogen-bond acceptors (Lipinski definition) is 2. The summed E-state index contributed by atoms with van der Waals surface area (Å²) >= 11 is 9.60. The van der Waals surface area contributed by atoms with Crippen molar-refractivity contribution in [1.82, 2.24) is 0 Å². The summed E-state index contributed by atoms with van der Waals surface area (Å²) in [4.78, 5) is 6.72. The van der Waals surface area contributed by atoms with Crippen molar-refractivity contribution in [2.75, 3.05) is 11.6 Å². The van der Waals surface area contributed by atoms with E-state index in [0.717, 1.165) is 25.8 Å². The van der Waals surface area contributed by atoms with Gasteiger partial charge < -0.3 is 4.90 Å². The highest BCUT2D eigenvalue weighted by molar-refractivity contribution is 9.10. The highest BCUT2D eigenvalue weighted by Gasteiger charge is 2.10. The molecule has 96 valence electrons. The van der Waals surface area contributed by atoms with Crippen molar-refractivity contribution in [3.63, 3.8) is 0 Å². The van der Waals surface area contributed by atoms with Gasteiger partial charge in [0.1, 0.15) is 6.67 Å². The highest BCUT2D eigenvalue weighted by atomic mass is 79.9. The highest BCUT2D eigenvalue weighted by Crippen LogP contribution is 2.27. The minimum absolute atomic E-state index is 0.631. The van der Waals surface area contributed by atoms with Crippen LogP contribution in [0.3, 0.4) is 0 Å². The van der Waals surface area contributed by atoms with E-state index in [0.29, 0.717) is 6.67 Å². The van der Waals surface area contributed by atoms with Crippen LogP contribution in [0, 0.1) is 6.92 Å². The molecule has 1 aliphatic rings. The maximum atomic E-state index is 6.04. The Labute approximate surface area is 125 Å². The summed E-state index contributed by atoms with van der Waals surface area (Å²) < 4.78 is 1.11.